The van der Waals surface area contributed by atoms with E-state index in [2.05, 4.69) is 5.32 Å². The van der Waals surface area contributed by atoms with Gasteiger partial charge in [0.2, 0.25) is 5.91 Å². The monoisotopic (exact) mass is 267 g/mol. The first-order valence-corrected chi connectivity index (χ1v) is 5.82. The lowest BCUT2D eigenvalue weighted by Crippen LogP contribution is -2.36. The Bertz CT molecular complexity index is 429. The van der Waals surface area contributed by atoms with Crippen molar-refractivity contribution in [2.24, 2.45) is 0 Å². The molecule has 6 heteroatoms. The van der Waals surface area contributed by atoms with Gasteiger partial charge in [0.05, 0.1) is 7.11 Å². The summed E-state index contributed by atoms with van der Waals surface area (Å²) < 4.78 is 9.91. The molecule has 19 heavy (non-hydrogen) atoms. The highest BCUT2D eigenvalue weighted by molar-refractivity contribution is 5.85. The van der Waals surface area contributed by atoms with Gasteiger partial charge in [-0.1, -0.05) is 12.1 Å². The summed E-state index contributed by atoms with van der Waals surface area (Å²) in [6.07, 6.45) is 0. The molecule has 104 valence electrons. The number of benzene rings is 1. The van der Waals surface area contributed by atoms with Crippen molar-refractivity contribution >= 4 is 11.9 Å². The maximum Gasteiger partial charge on any atom is 0.330 e. The Hall–Kier alpha value is -2.08. The number of methoxy groups -OCH3 is 1. The molecule has 0 fully saturated rings. The molecular formula is C13H17NO5. The minimum atomic E-state index is -1.13. The van der Waals surface area contributed by atoms with E-state index >= 15 is 0 Å². The van der Waals surface area contributed by atoms with Crippen molar-refractivity contribution < 1.29 is 24.2 Å². The summed E-state index contributed by atoms with van der Waals surface area (Å²) in [7, 11) is 1.52. The summed E-state index contributed by atoms with van der Waals surface area (Å²) in [6, 6.07) is 5.37. The molecule has 2 N–H and O–H groups in total. The van der Waals surface area contributed by atoms with Gasteiger partial charge in [0.25, 0.3) is 0 Å². The SMILES string of the molecule is CCOCC(=O)NC(C(=O)O)c1ccc(OC)cc1. The second kappa shape index (κ2) is 7.38. The van der Waals surface area contributed by atoms with Crippen LogP contribution in [0.2, 0.25) is 0 Å². The fourth-order valence-electron chi connectivity index (χ4n) is 1.48. The van der Waals surface area contributed by atoms with Crippen LogP contribution in [0, 0.1) is 0 Å². The van der Waals surface area contributed by atoms with Gasteiger partial charge in [0, 0.05) is 6.61 Å². The third-order valence-electron chi connectivity index (χ3n) is 2.44. The number of hydrogen-bond donors (Lipinski definition) is 2. The Kier molecular flexibility index (Phi) is 5.81. The molecule has 0 aliphatic heterocycles. The molecule has 0 aliphatic rings. The van der Waals surface area contributed by atoms with Crippen LogP contribution in [0.15, 0.2) is 24.3 Å². The topological polar surface area (TPSA) is 84.9 Å². The first-order chi connectivity index (χ1) is 9.08. The van der Waals surface area contributed by atoms with Gasteiger partial charge in [-0.3, -0.25) is 4.79 Å². The van der Waals surface area contributed by atoms with Crippen LogP contribution in [0.4, 0.5) is 0 Å². The van der Waals surface area contributed by atoms with Gasteiger partial charge < -0.3 is 19.9 Å². The largest absolute Gasteiger partial charge is 0.497 e. The minimum absolute atomic E-state index is 0.156. The lowest BCUT2D eigenvalue weighted by Gasteiger charge is -2.15. The summed E-state index contributed by atoms with van der Waals surface area (Å²) in [5.41, 5.74) is 0.471. The Morgan fingerprint density at radius 3 is 2.42 bits per heavy atom. The molecule has 1 atom stereocenters. The van der Waals surface area contributed by atoms with Crippen LogP contribution < -0.4 is 10.1 Å². The maximum atomic E-state index is 11.5. The van der Waals surface area contributed by atoms with Crippen molar-refractivity contribution in [3.63, 3.8) is 0 Å². The van der Waals surface area contributed by atoms with Crippen LogP contribution in [0.5, 0.6) is 5.75 Å². The number of aliphatic carboxylic acids is 1. The highest BCUT2D eigenvalue weighted by Gasteiger charge is 2.21. The van der Waals surface area contributed by atoms with Crippen LogP contribution in [0.25, 0.3) is 0 Å². The Balaban J connectivity index is 2.76. The molecule has 1 unspecified atom stereocenters. The van der Waals surface area contributed by atoms with Crippen molar-refractivity contribution in [3.8, 4) is 5.75 Å². The molecule has 0 saturated carbocycles. The molecule has 0 radical (unpaired) electrons. The number of carbonyl (C=O) groups is 2. The van der Waals surface area contributed by atoms with Crippen LogP contribution >= 0.6 is 0 Å². The number of nitrogens with one attached hydrogen (secondary N) is 1. The molecule has 1 aromatic carbocycles. The highest BCUT2D eigenvalue weighted by Crippen LogP contribution is 2.17. The van der Waals surface area contributed by atoms with Crippen molar-refractivity contribution in [3.05, 3.63) is 29.8 Å². The molecular weight excluding hydrogens is 250 g/mol. The Morgan fingerprint density at radius 2 is 1.95 bits per heavy atom. The fourth-order valence-corrected chi connectivity index (χ4v) is 1.48. The summed E-state index contributed by atoms with van der Waals surface area (Å²) >= 11 is 0. The standard InChI is InChI=1S/C13H17NO5/c1-3-19-8-11(15)14-12(13(16)17)9-4-6-10(18-2)7-5-9/h4-7,12H,3,8H2,1-2H3,(H,14,15)(H,16,17). The highest BCUT2D eigenvalue weighted by atomic mass is 16.5. The van der Waals surface area contributed by atoms with Crippen LogP contribution in [-0.2, 0) is 14.3 Å². The van der Waals surface area contributed by atoms with E-state index in [4.69, 9.17) is 14.6 Å². The van der Waals surface area contributed by atoms with E-state index in [1.54, 1.807) is 31.2 Å². The lowest BCUT2D eigenvalue weighted by molar-refractivity contribution is -0.142. The van der Waals surface area contributed by atoms with Gasteiger partial charge in [-0.15, -0.1) is 0 Å². The molecule has 6 nitrogen and oxygen atoms in total. The zero-order valence-electron chi connectivity index (χ0n) is 10.9. The lowest BCUT2D eigenvalue weighted by atomic mass is 10.1. The van der Waals surface area contributed by atoms with Gasteiger partial charge in [-0.05, 0) is 24.6 Å². The summed E-state index contributed by atoms with van der Waals surface area (Å²) in [6.45, 7) is 2.00. The number of ether oxygens (including phenoxy) is 2. The van der Waals surface area contributed by atoms with E-state index in [9.17, 15) is 9.59 Å². The van der Waals surface area contributed by atoms with E-state index in [1.807, 2.05) is 0 Å². The Morgan fingerprint density at radius 1 is 1.32 bits per heavy atom. The number of carboxylic acids is 1. The number of amides is 1. The van der Waals surface area contributed by atoms with Crippen molar-refractivity contribution in [2.75, 3.05) is 20.3 Å². The molecule has 0 saturated heterocycles. The number of carboxylic acid groups (broad SMARTS) is 1. The van der Waals surface area contributed by atoms with E-state index in [0.29, 0.717) is 17.9 Å². The summed E-state index contributed by atoms with van der Waals surface area (Å²) in [5.74, 6) is -0.978. The zero-order valence-corrected chi connectivity index (χ0v) is 10.9. The number of rotatable bonds is 7. The molecule has 1 aromatic rings. The molecule has 0 heterocycles. The zero-order chi connectivity index (χ0) is 14.3. The van der Waals surface area contributed by atoms with Gasteiger partial charge in [-0.25, -0.2) is 4.79 Å². The van der Waals surface area contributed by atoms with Crippen molar-refractivity contribution in [1.82, 2.24) is 5.32 Å². The average Bonchev–Trinajstić information content (AvgIpc) is 2.42. The number of carbonyl (C=O) groups excluding carboxylic acids is 1. The summed E-state index contributed by atoms with van der Waals surface area (Å²) in [4.78, 5) is 22.7. The van der Waals surface area contributed by atoms with E-state index in [0.717, 1.165) is 0 Å². The fraction of sp³-hybridized carbons (Fsp3) is 0.385. The van der Waals surface area contributed by atoms with Gasteiger partial charge in [0.15, 0.2) is 6.04 Å². The van der Waals surface area contributed by atoms with Gasteiger partial charge in [0.1, 0.15) is 12.4 Å². The van der Waals surface area contributed by atoms with Crippen LogP contribution in [0.3, 0.4) is 0 Å². The van der Waals surface area contributed by atoms with Crippen LogP contribution in [-0.4, -0.2) is 37.3 Å². The van der Waals surface area contributed by atoms with Crippen LogP contribution in [0.1, 0.15) is 18.5 Å². The Labute approximate surface area is 111 Å². The predicted molar refractivity (Wildman–Crippen MR) is 68.0 cm³/mol. The number of hydrogen-bond acceptors (Lipinski definition) is 4. The summed E-state index contributed by atoms with van der Waals surface area (Å²) in [5, 5.41) is 11.5. The predicted octanol–water partition coefficient (Wildman–Crippen LogP) is 0.974. The molecule has 0 spiro atoms. The second-order valence-electron chi connectivity index (χ2n) is 3.75. The molecule has 0 bridgehead atoms. The maximum absolute atomic E-state index is 11.5. The third-order valence-corrected chi connectivity index (χ3v) is 2.44. The smallest absolute Gasteiger partial charge is 0.330 e. The quantitative estimate of drug-likeness (QED) is 0.769. The molecule has 1 rings (SSSR count). The molecule has 0 aliphatic carbocycles. The van der Waals surface area contributed by atoms with Gasteiger partial charge in [-0.2, -0.15) is 0 Å². The average molecular weight is 267 g/mol. The molecule has 1 amide bonds. The third kappa shape index (κ3) is 4.59. The van der Waals surface area contributed by atoms with E-state index in [1.165, 1.54) is 7.11 Å². The van der Waals surface area contributed by atoms with Crippen molar-refractivity contribution in [1.29, 1.82) is 0 Å². The molecule has 0 aromatic heterocycles. The first kappa shape index (κ1) is 15.0. The van der Waals surface area contributed by atoms with Gasteiger partial charge >= 0.3 is 5.97 Å². The minimum Gasteiger partial charge on any atom is -0.497 e. The first-order valence-electron chi connectivity index (χ1n) is 5.82. The van der Waals surface area contributed by atoms with E-state index < -0.39 is 17.9 Å². The van der Waals surface area contributed by atoms with E-state index in [-0.39, 0.29) is 6.61 Å². The normalized spacial score (nSPS) is 11.7. The van der Waals surface area contributed by atoms with Crippen molar-refractivity contribution in [2.45, 2.75) is 13.0 Å². The second-order valence-corrected chi connectivity index (χ2v) is 3.75.